The van der Waals surface area contributed by atoms with E-state index in [2.05, 4.69) is 0 Å². The molecule has 0 amide bonds. The molecule has 0 aliphatic rings. The number of hydrogen-bond acceptors (Lipinski definition) is 4. The Balaban J connectivity index is 3.60. The molecule has 6 heteroatoms. The first kappa shape index (κ1) is 9.09. The van der Waals surface area contributed by atoms with Crippen molar-refractivity contribution in [2.24, 2.45) is 0 Å². The van der Waals surface area contributed by atoms with Gasteiger partial charge in [-0.25, -0.2) is 0 Å². The number of aromatic hydroxyl groups is 2. The smallest absolute Gasteiger partial charge is 0.162 e. The number of anilines is 2. The van der Waals surface area contributed by atoms with E-state index in [0.717, 1.165) is 0 Å². The summed E-state index contributed by atoms with van der Waals surface area (Å²) in [6.45, 7) is 0. The quantitative estimate of drug-likeness (QED) is 0.296. The number of nitrogens with two attached hydrogens (primary N) is 2. The van der Waals surface area contributed by atoms with E-state index in [1.165, 1.54) is 0 Å². The second-order valence-electron chi connectivity index (χ2n) is 2.15. The normalized spacial score (nSPS) is 10.2. The fraction of sp³-hybridized carbons (Fsp3) is 0. The first-order valence-corrected chi connectivity index (χ1v) is 3.66. The van der Waals surface area contributed by atoms with Gasteiger partial charge in [0.25, 0.3) is 0 Å². The summed E-state index contributed by atoms with van der Waals surface area (Å²) in [6, 6.07) is 0. The molecule has 6 N–H and O–H groups in total. The number of phenolic OH excluding ortho intramolecular Hbond substituents is 2. The maximum absolute atomic E-state index is 9.14. The summed E-state index contributed by atoms with van der Waals surface area (Å²) >= 11 is 11.0. The third kappa shape index (κ3) is 1.09. The van der Waals surface area contributed by atoms with Crippen LogP contribution in [-0.2, 0) is 0 Å². The topological polar surface area (TPSA) is 92.5 Å². The molecule has 0 atom stereocenters. The molecule has 0 aliphatic heterocycles. The Kier molecular flexibility index (Phi) is 2.12. The van der Waals surface area contributed by atoms with Gasteiger partial charge in [0.2, 0.25) is 0 Å². The fourth-order valence-corrected chi connectivity index (χ4v) is 1.08. The standard InChI is InChI=1S/C6H6Cl2N2O2/c7-1-3(9)5(11)2(8)6(12)4(1)10/h11-12H,9-10H2. The van der Waals surface area contributed by atoms with Gasteiger partial charge in [-0.15, -0.1) is 0 Å². The van der Waals surface area contributed by atoms with Gasteiger partial charge in [-0.3, -0.25) is 0 Å². The Hall–Kier alpha value is -1.00. The van der Waals surface area contributed by atoms with Gasteiger partial charge in [0.15, 0.2) is 11.5 Å². The molecule has 4 nitrogen and oxygen atoms in total. The van der Waals surface area contributed by atoms with Crippen LogP contribution in [0.3, 0.4) is 0 Å². The van der Waals surface area contributed by atoms with E-state index >= 15 is 0 Å². The van der Waals surface area contributed by atoms with Gasteiger partial charge in [0, 0.05) is 0 Å². The maximum atomic E-state index is 9.14. The van der Waals surface area contributed by atoms with Crippen molar-refractivity contribution >= 4 is 34.6 Å². The predicted molar refractivity (Wildman–Crippen MR) is 48.6 cm³/mol. The van der Waals surface area contributed by atoms with Crippen molar-refractivity contribution in [1.29, 1.82) is 0 Å². The van der Waals surface area contributed by atoms with Gasteiger partial charge < -0.3 is 21.7 Å². The van der Waals surface area contributed by atoms with Crippen LogP contribution < -0.4 is 11.5 Å². The average Bonchev–Trinajstić information content (AvgIpc) is 2.08. The summed E-state index contributed by atoms with van der Waals surface area (Å²) in [7, 11) is 0. The van der Waals surface area contributed by atoms with Crippen LogP contribution in [0.25, 0.3) is 0 Å². The fourth-order valence-electron chi connectivity index (χ4n) is 0.702. The Bertz CT molecular complexity index is 236. The highest BCUT2D eigenvalue weighted by molar-refractivity contribution is 6.40. The van der Waals surface area contributed by atoms with Crippen molar-refractivity contribution in [2.45, 2.75) is 0 Å². The minimum atomic E-state index is -0.464. The first-order valence-electron chi connectivity index (χ1n) is 2.90. The molecule has 1 rings (SSSR count). The molecule has 66 valence electrons. The molecule has 0 fully saturated rings. The lowest BCUT2D eigenvalue weighted by Crippen LogP contribution is -1.94. The van der Waals surface area contributed by atoms with Gasteiger partial charge in [-0.2, -0.15) is 0 Å². The van der Waals surface area contributed by atoms with E-state index in [1.807, 2.05) is 0 Å². The largest absolute Gasteiger partial charge is 0.504 e. The number of halogens is 2. The van der Waals surface area contributed by atoms with Crippen molar-refractivity contribution in [1.82, 2.24) is 0 Å². The van der Waals surface area contributed by atoms with Gasteiger partial charge in [-0.1, -0.05) is 23.2 Å². The van der Waals surface area contributed by atoms with E-state index in [9.17, 15) is 0 Å². The zero-order valence-corrected chi connectivity index (χ0v) is 7.32. The Morgan fingerprint density at radius 3 is 1.50 bits per heavy atom. The summed E-state index contributed by atoms with van der Waals surface area (Å²) in [5.74, 6) is -0.929. The summed E-state index contributed by atoms with van der Waals surface area (Å²) in [4.78, 5) is 0. The van der Waals surface area contributed by atoms with E-state index < -0.39 is 11.5 Å². The zero-order valence-electron chi connectivity index (χ0n) is 5.81. The molecule has 0 saturated carbocycles. The lowest BCUT2D eigenvalue weighted by atomic mass is 10.2. The highest BCUT2D eigenvalue weighted by Gasteiger charge is 2.17. The minimum absolute atomic E-state index is 0.102. The van der Waals surface area contributed by atoms with E-state index in [0.29, 0.717) is 0 Å². The second-order valence-corrected chi connectivity index (χ2v) is 2.91. The molecule has 1 aromatic carbocycles. The van der Waals surface area contributed by atoms with Crippen LogP contribution in [0.15, 0.2) is 0 Å². The third-order valence-electron chi connectivity index (χ3n) is 1.40. The first-order chi connectivity index (χ1) is 5.46. The van der Waals surface area contributed by atoms with Gasteiger partial charge >= 0.3 is 0 Å². The number of benzene rings is 1. The molecule has 0 saturated heterocycles. The van der Waals surface area contributed by atoms with Crippen LogP contribution in [-0.4, -0.2) is 10.2 Å². The summed E-state index contributed by atoms with van der Waals surface area (Å²) in [5.41, 5.74) is 10.3. The minimum Gasteiger partial charge on any atom is -0.504 e. The Labute approximate surface area is 78.3 Å². The van der Waals surface area contributed by atoms with Crippen LogP contribution in [0.2, 0.25) is 10.0 Å². The maximum Gasteiger partial charge on any atom is 0.162 e. The third-order valence-corrected chi connectivity index (χ3v) is 2.16. The summed E-state index contributed by atoms with van der Waals surface area (Å²) in [5, 5.41) is 17.9. The van der Waals surface area contributed by atoms with Crippen LogP contribution in [0, 0.1) is 0 Å². The van der Waals surface area contributed by atoms with Gasteiger partial charge in [-0.05, 0) is 0 Å². The summed E-state index contributed by atoms with van der Waals surface area (Å²) < 4.78 is 0. The molecule has 0 unspecified atom stereocenters. The van der Waals surface area contributed by atoms with Crippen molar-refractivity contribution < 1.29 is 10.2 Å². The molecule has 1 aromatic rings. The van der Waals surface area contributed by atoms with Crippen LogP contribution in [0.5, 0.6) is 11.5 Å². The monoisotopic (exact) mass is 208 g/mol. The SMILES string of the molecule is Nc1c(O)c(Cl)c(O)c(N)c1Cl. The molecule has 0 aromatic heterocycles. The van der Waals surface area contributed by atoms with Crippen molar-refractivity contribution in [3.63, 3.8) is 0 Å². The number of hydrogen-bond donors (Lipinski definition) is 4. The Morgan fingerprint density at radius 2 is 1.17 bits per heavy atom. The lowest BCUT2D eigenvalue weighted by Gasteiger charge is -2.08. The molecular formula is C6H6Cl2N2O2. The van der Waals surface area contributed by atoms with Gasteiger partial charge in [0.05, 0.1) is 16.4 Å². The summed E-state index contributed by atoms with van der Waals surface area (Å²) in [6.07, 6.45) is 0. The Morgan fingerprint density at radius 1 is 0.833 bits per heavy atom. The van der Waals surface area contributed by atoms with E-state index in [1.54, 1.807) is 0 Å². The highest BCUT2D eigenvalue weighted by atomic mass is 35.5. The van der Waals surface area contributed by atoms with Crippen LogP contribution >= 0.6 is 23.2 Å². The number of phenols is 2. The van der Waals surface area contributed by atoms with Crippen molar-refractivity contribution in [2.75, 3.05) is 11.5 Å². The molecule has 0 aliphatic carbocycles. The lowest BCUT2D eigenvalue weighted by molar-refractivity contribution is 0.454. The molecule has 0 bridgehead atoms. The van der Waals surface area contributed by atoms with Crippen LogP contribution in [0.1, 0.15) is 0 Å². The molecule has 12 heavy (non-hydrogen) atoms. The average molecular weight is 209 g/mol. The second kappa shape index (κ2) is 2.80. The molecule has 0 heterocycles. The van der Waals surface area contributed by atoms with Gasteiger partial charge in [0.1, 0.15) is 5.02 Å². The molecule has 0 spiro atoms. The van der Waals surface area contributed by atoms with Crippen molar-refractivity contribution in [3.8, 4) is 11.5 Å². The number of rotatable bonds is 0. The zero-order chi connectivity index (χ0) is 9.46. The van der Waals surface area contributed by atoms with Crippen LogP contribution in [0.4, 0.5) is 11.4 Å². The number of nitrogen functional groups attached to an aromatic ring is 2. The van der Waals surface area contributed by atoms with Crippen molar-refractivity contribution in [3.05, 3.63) is 10.0 Å². The highest BCUT2D eigenvalue weighted by Crippen LogP contribution is 2.46. The predicted octanol–water partition coefficient (Wildman–Crippen LogP) is 1.57. The van der Waals surface area contributed by atoms with E-state index in [-0.39, 0.29) is 21.4 Å². The molecule has 0 radical (unpaired) electrons. The van der Waals surface area contributed by atoms with E-state index in [4.69, 9.17) is 44.9 Å². The molecular weight excluding hydrogens is 203 g/mol.